The fourth-order valence-electron chi connectivity index (χ4n) is 1.47. The minimum absolute atomic E-state index is 0.0244. The van der Waals surface area contributed by atoms with E-state index in [0.717, 1.165) is 5.01 Å². The Bertz CT molecular complexity index is 447. The van der Waals surface area contributed by atoms with Crippen LogP contribution in [0.1, 0.15) is 18.4 Å². The van der Waals surface area contributed by atoms with Gasteiger partial charge in [-0.05, 0) is 24.1 Å². The molecular weight excluding hydrogens is 250 g/mol. The van der Waals surface area contributed by atoms with Crippen molar-refractivity contribution in [2.24, 2.45) is 11.6 Å². The summed E-state index contributed by atoms with van der Waals surface area (Å²) in [5.74, 6) is 4.06. The number of carboxylic acids is 1. The predicted molar refractivity (Wildman–Crippen MR) is 68.9 cm³/mol. The molecule has 0 fully saturated rings. The molecule has 6 N–H and O–H groups in total. The monoisotopic (exact) mass is 267 g/mol. The number of anilines is 1. The third-order valence-electron chi connectivity index (χ3n) is 2.62. The zero-order valence-corrected chi connectivity index (χ0v) is 10.3. The number of benzene rings is 1. The van der Waals surface area contributed by atoms with Crippen LogP contribution in [0.15, 0.2) is 24.3 Å². The molecule has 7 nitrogen and oxygen atoms in total. The normalized spacial score (nSPS) is 11.9. The van der Waals surface area contributed by atoms with Crippen LogP contribution in [-0.2, 0) is 16.2 Å². The zero-order valence-electron chi connectivity index (χ0n) is 10.3. The molecule has 0 aliphatic heterocycles. The van der Waals surface area contributed by atoms with Gasteiger partial charge in [0.25, 0.3) is 5.91 Å². The second-order valence-electron chi connectivity index (χ2n) is 4.07. The first-order valence-electron chi connectivity index (χ1n) is 5.71. The lowest BCUT2D eigenvalue weighted by Crippen LogP contribution is -2.48. The maximum absolute atomic E-state index is 11.8. The SMILES string of the molecule is N[C@@H](CCC(=O)O)C(=O)N(N)c1ccc(CO)cc1. The standard InChI is InChI=1S/C12H17N3O4/c13-10(5-6-11(17)18)12(19)15(14)9-3-1-8(7-16)2-4-9/h1-4,10,16H,5-7,13-14H2,(H,17,18)/t10-/m0/s1. The van der Waals surface area contributed by atoms with Crippen LogP contribution >= 0.6 is 0 Å². The minimum atomic E-state index is -1.01. The van der Waals surface area contributed by atoms with Gasteiger partial charge in [0.05, 0.1) is 18.3 Å². The number of carbonyl (C=O) groups excluding carboxylic acids is 1. The summed E-state index contributed by atoms with van der Waals surface area (Å²) in [5, 5.41) is 18.3. The average molecular weight is 267 g/mol. The molecule has 1 amide bonds. The highest BCUT2D eigenvalue weighted by Gasteiger charge is 2.20. The lowest BCUT2D eigenvalue weighted by atomic mass is 10.1. The molecule has 0 saturated heterocycles. The number of rotatable bonds is 6. The number of hydrogen-bond acceptors (Lipinski definition) is 5. The van der Waals surface area contributed by atoms with Crippen LogP contribution in [0.4, 0.5) is 5.69 Å². The number of aliphatic hydroxyl groups excluding tert-OH is 1. The van der Waals surface area contributed by atoms with E-state index in [2.05, 4.69) is 0 Å². The molecule has 1 atom stereocenters. The fourth-order valence-corrected chi connectivity index (χ4v) is 1.47. The highest BCUT2D eigenvalue weighted by Crippen LogP contribution is 2.14. The van der Waals surface area contributed by atoms with Crippen LogP contribution in [0.2, 0.25) is 0 Å². The maximum Gasteiger partial charge on any atom is 0.303 e. The largest absolute Gasteiger partial charge is 0.481 e. The molecule has 0 saturated carbocycles. The average Bonchev–Trinajstić information content (AvgIpc) is 2.43. The number of carboxylic acid groups (broad SMARTS) is 1. The Kier molecular flexibility index (Phi) is 5.43. The fraction of sp³-hybridized carbons (Fsp3) is 0.333. The number of amides is 1. The summed E-state index contributed by atoms with van der Waals surface area (Å²) in [6.07, 6.45) is -0.166. The van der Waals surface area contributed by atoms with E-state index >= 15 is 0 Å². The molecule has 0 radical (unpaired) electrons. The Balaban J connectivity index is 2.66. The van der Waals surface area contributed by atoms with Crippen LogP contribution in [-0.4, -0.2) is 28.1 Å². The summed E-state index contributed by atoms with van der Waals surface area (Å²) >= 11 is 0. The Morgan fingerprint density at radius 2 is 1.84 bits per heavy atom. The van der Waals surface area contributed by atoms with E-state index in [9.17, 15) is 9.59 Å². The summed E-state index contributed by atoms with van der Waals surface area (Å²) in [7, 11) is 0. The second-order valence-corrected chi connectivity index (χ2v) is 4.07. The molecule has 1 aromatic carbocycles. The van der Waals surface area contributed by atoms with E-state index in [1.807, 2.05) is 0 Å². The third-order valence-corrected chi connectivity index (χ3v) is 2.62. The van der Waals surface area contributed by atoms with Gasteiger partial charge in [0.1, 0.15) is 0 Å². The van der Waals surface area contributed by atoms with Crippen molar-refractivity contribution >= 4 is 17.6 Å². The summed E-state index contributed by atoms with van der Waals surface area (Å²) in [6, 6.07) is 5.45. The molecular formula is C12H17N3O4. The Hall–Kier alpha value is -1.96. The van der Waals surface area contributed by atoms with Crippen molar-refractivity contribution in [3.63, 3.8) is 0 Å². The summed E-state index contributed by atoms with van der Waals surface area (Å²) < 4.78 is 0. The van der Waals surface area contributed by atoms with E-state index in [4.69, 9.17) is 21.8 Å². The van der Waals surface area contributed by atoms with E-state index in [0.29, 0.717) is 11.3 Å². The zero-order chi connectivity index (χ0) is 14.4. The van der Waals surface area contributed by atoms with Crippen LogP contribution < -0.4 is 16.6 Å². The molecule has 0 unspecified atom stereocenters. The first kappa shape index (κ1) is 15.1. The van der Waals surface area contributed by atoms with Crippen LogP contribution in [0.25, 0.3) is 0 Å². The molecule has 0 aliphatic rings. The van der Waals surface area contributed by atoms with Crippen molar-refractivity contribution in [2.75, 3.05) is 5.01 Å². The number of hydrazine groups is 1. The van der Waals surface area contributed by atoms with Crippen molar-refractivity contribution in [3.05, 3.63) is 29.8 Å². The van der Waals surface area contributed by atoms with Crippen molar-refractivity contribution in [1.29, 1.82) is 0 Å². The number of nitrogens with two attached hydrogens (primary N) is 2. The van der Waals surface area contributed by atoms with Crippen LogP contribution in [0.5, 0.6) is 0 Å². The van der Waals surface area contributed by atoms with Gasteiger partial charge in [-0.2, -0.15) is 0 Å². The van der Waals surface area contributed by atoms with Gasteiger partial charge in [0.15, 0.2) is 0 Å². The van der Waals surface area contributed by atoms with Gasteiger partial charge in [-0.25, -0.2) is 10.9 Å². The lowest BCUT2D eigenvalue weighted by molar-refractivity contribution is -0.137. The lowest BCUT2D eigenvalue weighted by Gasteiger charge is -2.20. The van der Waals surface area contributed by atoms with Gasteiger partial charge in [-0.1, -0.05) is 12.1 Å². The first-order valence-corrected chi connectivity index (χ1v) is 5.71. The van der Waals surface area contributed by atoms with E-state index < -0.39 is 17.9 Å². The topological polar surface area (TPSA) is 130 Å². The molecule has 104 valence electrons. The van der Waals surface area contributed by atoms with Crippen LogP contribution in [0.3, 0.4) is 0 Å². The number of aliphatic carboxylic acids is 1. The number of nitrogens with zero attached hydrogens (tertiary/aromatic N) is 1. The Morgan fingerprint density at radius 1 is 1.26 bits per heavy atom. The number of aliphatic hydroxyl groups is 1. The molecule has 0 bridgehead atoms. The van der Waals surface area contributed by atoms with Gasteiger partial charge < -0.3 is 15.9 Å². The second kappa shape index (κ2) is 6.83. The molecule has 7 heteroatoms. The number of carbonyl (C=O) groups is 2. The van der Waals surface area contributed by atoms with Gasteiger partial charge in [-0.3, -0.25) is 9.59 Å². The van der Waals surface area contributed by atoms with Gasteiger partial charge >= 0.3 is 5.97 Å². The van der Waals surface area contributed by atoms with Gasteiger partial charge in [0, 0.05) is 6.42 Å². The summed E-state index contributed by atoms with van der Waals surface area (Å²) in [6.45, 7) is -0.100. The van der Waals surface area contributed by atoms with Crippen molar-refractivity contribution < 1.29 is 19.8 Å². The van der Waals surface area contributed by atoms with Crippen molar-refractivity contribution in [3.8, 4) is 0 Å². The van der Waals surface area contributed by atoms with Gasteiger partial charge in [0.2, 0.25) is 0 Å². The Morgan fingerprint density at radius 3 is 2.32 bits per heavy atom. The summed E-state index contributed by atoms with van der Waals surface area (Å²) in [4.78, 5) is 22.2. The van der Waals surface area contributed by atoms with E-state index in [1.54, 1.807) is 24.3 Å². The predicted octanol–water partition coefficient (Wildman–Crippen LogP) is -0.422. The van der Waals surface area contributed by atoms with Crippen molar-refractivity contribution in [1.82, 2.24) is 0 Å². The van der Waals surface area contributed by atoms with Crippen molar-refractivity contribution in [2.45, 2.75) is 25.5 Å². The van der Waals surface area contributed by atoms with E-state index in [1.165, 1.54) is 0 Å². The highest BCUT2D eigenvalue weighted by molar-refractivity contribution is 5.96. The maximum atomic E-state index is 11.8. The molecule has 0 aliphatic carbocycles. The van der Waals surface area contributed by atoms with E-state index in [-0.39, 0.29) is 19.4 Å². The molecule has 19 heavy (non-hydrogen) atoms. The molecule has 1 rings (SSSR count). The van der Waals surface area contributed by atoms with Gasteiger partial charge in [-0.15, -0.1) is 0 Å². The quantitative estimate of drug-likeness (QED) is 0.314. The molecule has 1 aromatic rings. The molecule has 0 heterocycles. The molecule has 0 spiro atoms. The Labute approximate surface area is 110 Å². The first-order chi connectivity index (χ1) is 8.95. The van der Waals surface area contributed by atoms with Crippen LogP contribution in [0, 0.1) is 0 Å². The summed E-state index contributed by atoms with van der Waals surface area (Å²) in [5.41, 5.74) is 6.70. The highest BCUT2D eigenvalue weighted by atomic mass is 16.4. The smallest absolute Gasteiger partial charge is 0.303 e. The minimum Gasteiger partial charge on any atom is -0.481 e. The molecule has 0 aromatic heterocycles. The third kappa shape index (κ3) is 4.32. The number of hydrogen-bond donors (Lipinski definition) is 4.